The molecule has 216 valence electrons. The van der Waals surface area contributed by atoms with Gasteiger partial charge in [0.15, 0.2) is 5.78 Å². The molecule has 0 fully saturated rings. The number of ether oxygens (including phenoxy) is 1. The lowest BCUT2D eigenvalue weighted by molar-refractivity contribution is -0.123. The fourth-order valence-electron chi connectivity index (χ4n) is 5.28. The Balaban J connectivity index is 1.37. The lowest BCUT2D eigenvalue weighted by atomic mass is 9.94. The molecular formula is C39H38N2O2. The maximum absolute atomic E-state index is 14.1. The van der Waals surface area contributed by atoms with Crippen molar-refractivity contribution < 1.29 is 9.53 Å². The summed E-state index contributed by atoms with van der Waals surface area (Å²) in [5.41, 5.74) is 5.97. The van der Waals surface area contributed by atoms with Crippen molar-refractivity contribution in [2.75, 3.05) is 0 Å². The maximum atomic E-state index is 14.1. The molecule has 5 rings (SSSR count). The first-order valence-corrected chi connectivity index (χ1v) is 14.8. The largest absolute Gasteiger partial charge is 0.489 e. The molecule has 1 atom stereocenters. The van der Waals surface area contributed by atoms with E-state index in [-0.39, 0.29) is 12.2 Å². The van der Waals surface area contributed by atoms with Crippen LogP contribution in [0, 0.1) is 5.41 Å². The number of rotatable bonds is 15. The van der Waals surface area contributed by atoms with Gasteiger partial charge < -0.3 is 10.1 Å². The van der Waals surface area contributed by atoms with Crippen LogP contribution in [-0.4, -0.2) is 22.4 Å². The van der Waals surface area contributed by atoms with E-state index in [2.05, 4.69) is 41.3 Å². The van der Waals surface area contributed by atoms with Crippen LogP contribution < -0.4 is 4.74 Å². The summed E-state index contributed by atoms with van der Waals surface area (Å²) >= 11 is 0. The smallest absolute Gasteiger partial charge is 0.155 e. The Hall–Kier alpha value is -4.80. The van der Waals surface area contributed by atoms with Gasteiger partial charge in [0.05, 0.1) is 6.04 Å². The summed E-state index contributed by atoms with van der Waals surface area (Å²) in [7, 11) is 0. The highest BCUT2D eigenvalue weighted by Gasteiger charge is 2.27. The van der Waals surface area contributed by atoms with Crippen LogP contribution in [0.2, 0.25) is 0 Å². The van der Waals surface area contributed by atoms with Crippen LogP contribution in [0.5, 0.6) is 5.75 Å². The molecule has 0 aliphatic carbocycles. The Morgan fingerprint density at radius 2 is 1.05 bits per heavy atom. The van der Waals surface area contributed by atoms with Crippen LogP contribution in [-0.2, 0) is 37.3 Å². The van der Waals surface area contributed by atoms with Gasteiger partial charge in [-0.15, -0.1) is 0 Å². The topological polar surface area (TPSA) is 53.4 Å². The van der Waals surface area contributed by atoms with Gasteiger partial charge in [0.2, 0.25) is 0 Å². The highest BCUT2D eigenvalue weighted by Crippen LogP contribution is 2.22. The zero-order chi connectivity index (χ0) is 29.7. The third-order valence-electron chi connectivity index (χ3n) is 7.52. The molecule has 0 heterocycles. The van der Waals surface area contributed by atoms with E-state index >= 15 is 0 Å². The van der Waals surface area contributed by atoms with Crippen LogP contribution in [0.25, 0.3) is 0 Å². The number of benzene rings is 5. The van der Waals surface area contributed by atoms with Crippen molar-refractivity contribution in [1.29, 1.82) is 5.41 Å². The molecule has 0 saturated carbocycles. The van der Waals surface area contributed by atoms with Crippen molar-refractivity contribution in [1.82, 2.24) is 4.90 Å². The monoisotopic (exact) mass is 566 g/mol. The lowest BCUT2D eigenvalue weighted by Crippen LogP contribution is -2.42. The number of Topliss-reactive ketones (excluding diaryl/α,β-unsaturated/α-hetero) is 1. The van der Waals surface area contributed by atoms with Crippen molar-refractivity contribution in [3.63, 3.8) is 0 Å². The van der Waals surface area contributed by atoms with Crippen LogP contribution >= 0.6 is 0 Å². The molecule has 0 saturated heterocycles. The number of carbonyl (C=O) groups is 1. The predicted molar refractivity (Wildman–Crippen MR) is 174 cm³/mol. The van der Waals surface area contributed by atoms with Crippen LogP contribution in [0.3, 0.4) is 0 Å². The maximum Gasteiger partial charge on any atom is 0.155 e. The van der Waals surface area contributed by atoms with Crippen molar-refractivity contribution in [3.8, 4) is 5.75 Å². The Kier molecular flexibility index (Phi) is 10.7. The van der Waals surface area contributed by atoms with Gasteiger partial charge in [0, 0.05) is 31.6 Å². The standard InChI is InChI=1S/C39H38N2O2/c40-36(25-31-13-5-1-6-14-31)27-39(42)38(26-32-21-23-37(24-22-32)43-30-35-19-11-4-12-20-35)41(28-33-15-7-2-8-16-33)29-34-17-9-3-10-18-34/h1-24,38,40H,25-30H2. The first-order valence-electron chi connectivity index (χ1n) is 14.8. The normalized spacial score (nSPS) is 11.7. The van der Waals surface area contributed by atoms with Gasteiger partial charge >= 0.3 is 0 Å². The second kappa shape index (κ2) is 15.4. The number of hydrogen-bond acceptors (Lipinski definition) is 4. The van der Waals surface area contributed by atoms with E-state index in [1.165, 1.54) is 0 Å². The number of hydrogen-bond donors (Lipinski definition) is 1. The highest BCUT2D eigenvalue weighted by atomic mass is 16.5. The average molecular weight is 567 g/mol. The van der Waals surface area contributed by atoms with Gasteiger partial charge in [0.1, 0.15) is 12.4 Å². The number of nitrogens with zero attached hydrogens (tertiary/aromatic N) is 1. The number of carbonyl (C=O) groups excluding carboxylic acids is 1. The fraction of sp³-hybridized carbons (Fsp3) is 0.179. The SMILES string of the molecule is N=C(CC(=O)C(Cc1ccc(OCc2ccccc2)cc1)N(Cc1ccccc1)Cc1ccccc1)Cc1ccccc1. The molecule has 0 spiro atoms. The number of nitrogens with one attached hydrogen (secondary N) is 1. The second-order valence-electron chi connectivity index (χ2n) is 10.9. The summed E-state index contributed by atoms with van der Waals surface area (Å²) in [6.07, 6.45) is 1.15. The average Bonchev–Trinajstić information content (AvgIpc) is 3.05. The molecule has 5 aromatic carbocycles. The first-order chi connectivity index (χ1) is 21.1. The van der Waals surface area contributed by atoms with Crippen LogP contribution in [0.4, 0.5) is 0 Å². The second-order valence-corrected chi connectivity index (χ2v) is 10.9. The minimum atomic E-state index is -0.396. The van der Waals surface area contributed by atoms with Gasteiger partial charge in [-0.1, -0.05) is 133 Å². The van der Waals surface area contributed by atoms with Crippen molar-refractivity contribution in [2.45, 2.75) is 45.0 Å². The molecule has 0 aromatic heterocycles. The third-order valence-corrected chi connectivity index (χ3v) is 7.52. The van der Waals surface area contributed by atoms with E-state index < -0.39 is 6.04 Å². The Morgan fingerprint density at radius 1 is 0.581 bits per heavy atom. The molecule has 1 unspecified atom stereocenters. The van der Waals surface area contributed by atoms with E-state index in [0.717, 1.165) is 33.6 Å². The number of ketones is 1. The molecule has 0 bridgehead atoms. The first kappa shape index (κ1) is 29.7. The highest BCUT2D eigenvalue weighted by molar-refractivity contribution is 6.03. The summed E-state index contributed by atoms with van der Waals surface area (Å²) < 4.78 is 6.01. The van der Waals surface area contributed by atoms with E-state index in [4.69, 9.17) is 10.1 Å². The lowest BCUT2D eigenvalue weighted by Gasteiger charge is -2.31. The summed E-state index contributed by atoms with van der Waals surface area (Å²) in [6.45, 7) is 1.78. The van der Waals surface area contributed by atoms with Crippen LogP contribution in [0.1, 0.15) is 34.2 Å². The van der Waals surface area contributed by atoms with Crippen molar-refractivity contribution in [2.24, 2.45) is 0 Å². The summed E-state index contributed by atoms with van der Waals surface area (Å²) in [5, 5.41) is 8.70. The third kappa shape index (κ3) is 9.35. The zero-order valence-electron chi connectivity index (χ0n) is 24.4. The Bertz CT molecular complexity index is 1510. The van der Waals surface area contributed by atoms with Crippen molar-refractivity contribution in [3.05, 3.63) is 173 Å². The molecule has 1 N–H and O–H groups in total. The molecule has 5 aromatic rings. The summed E-state index contributed by atoms with van der Waals surface area (Å²) in [5.74, 6) is 0.864. The van der Waals surface area contributed by atoms with E-state index in [1.54, 1.807) is 0 Å². The molecule has 0 aliphatic heterocycles. The Morgan fingerprint density at radius 3 is 1.56 bits per heavy atom. The molecule has 4 nitrogen and oxygen atoms in total. The van der Waals surface area contributed by atoms with Gasteiger partial charge in [-0.25, -0.2) is 0 Å². The molecule has 4 heteroatoms. The van der Waals surface area contributed by atoms with Crippen LogP contribution in [0.15, 0.2) is 146 Å². The summed E-state index contributed by atoms with van der Waals surface area (Å²) in [6, 6.07) is 48.3. The van der Waals surface area contributed by atoms with E-state index in [0.29, 0.717) is 38.2 Å². The Labute approximate surface area is 255 Å². The molecule has 0 radical (unpaired) electrons. The van der Waals surface area contributed by atoms with Gasteiger partial charge in [-0.05, 0) is 46.4 Å². The minimum absolute atomic E-state index is 0.0668. The quantitative estimate of drug-likeness (QED) is 0.130. The summed E-state index contributed by atoms with van der Waals surface area (Å²) in [4.78, 5) is 16.4. The van der Waals surface area contributed by atoms with E-state index in [9.17, 15) is 4.79 Å². The molecular weight excluding hydrogens is 528 g/mol. The van der Waals surface area contributed by atoms with Gasteiger partial charge in [-0.2, -0.15) is 0 Å². The molecule has 0 aliphatic rings. The molecule has 0 amide bonds. The predicted octanol–water partition coefficient (Wildman–Crippen LogP) is 8.10. The van der Waals surface area contributed by atoms with Gasteiger partial charge in [0.25, 0.3) is 0 Å². The van der Waals surface area contributed by atoms with Crippen molar-refractivity contribution >= 4 is 11.5 Å². The fourth-order valence-corrected chi connectivity index (χ4v) is 5.28. The van der Waals surface area contributed by atoms with E-state index in [1.807, 2.05) is 109 Å². The molecule has 43 heavy (non-hydrogen) atoms. The zero-order valence-corrected chi connectivity index (χ0v) is 24.4. The minimum Gasteiger partial charge on any atom is -0.489 e. The van der Waals surface area contributed by atoms with Gasteiger partial charge in [-0.3, -0.25) is 9.69 Å².